The zero-order valence-corrected chi connectivity index (χ0v) is 21.1. The lowest BCUT2D eigenvalue weighted by Crippen LogP contribution is -2.50. The average Bonchev–Trinajstić information content (AvgIpc) is 3.10. The highest BCUT2D eigenvalue weighted by Crippen LogP contribution is 2.67. The van der Waals surface area contributed by atoms with E-state index in [0.717, 1.165) is 35.5 Å². The molecule has 0 heterocycles. The van der Waals surface area contributed by atoms with Gasteiger partial charge in [0.1, 0.15) is 0 Å². The molecular formula is C30H50. The normalized spacial score (nSPS) is 44.7. The minimum absolute atomic E-state index is 0.513. The number of unbranched alkanes of at least 4 members (excludes halogenated alkanes) is 2. The summed E-state index contributed by atoms with van der Waals surface area (Å²) in [7, 11) is 0. The van der Waals surface area contributed by atoms with Gasteiger partial charge in [0.2, 0.25) is 0 Å². The molecule has 0 amide bonds. The summed E-state index contributed by atoms with van der Waals surface area (Å²) in [6, 6.07) is 0. The summed E-state index contributed by atoms with van der Waals surface area (Å²) in [5, 5.41) is 0. The van der Waals surface area contributed by atoms with Crippen LogP contribution in [-0.4, -0.2) is 0 Å². The molecule has 0 nitrogen and oxygen atoms in total. The van der Waals surface area contributed by atoms with E-state index in [2.05, 4.69) is 53.7 Å². The predicted octanol–water partition coefficient (Wildman–Crippen LogP) is 9.36. The molecule has 7 unspecified atom stereocenters. The van der Waals surface area contributed by atoms with Gasteiger partial charge in [0, 0.05) is 0 Å². The fourth-order valence-corrected chi connectivity index (χ4v) is 9.18. The van der Waals surface area contributed by atoms with E-state index in [1.165, 1.54) is 77.0 Å². The number of rotatable bonds is 6. The molecule has 0 saturated heterocycles. The molecule has 0 aromatic heterocycles. The van der Waals surface area contributed by atoms with Crippen molar-refractivity contribution in [3.63, 3.8) is 0 Å². The molecule has 3 saturated carbocycles. The van der Waals surface area contributed by atoms with E-state index in [9.17, 15) is 0 Å². The lowest BCUT2D eigenvalue weighted by Gasteiger charge is -2.58. The van der Waals surface area contributed by atoms with Crippen molar-refractivity contribution >= 4 is 0 Å². The fourth-order valence-electron chi connectivity index (χ4n) is 9.18. The van der Waals surface area contributed by atoms with Gasteiger partial charge < -0.3 is 0 Å². The molecule has 0 spiro atoms. The Labute approximate surface area is 188 Å². The summed E-state index contributed by atoms with van der Waals surface area (Å²) in [5.74, 6) is 5.69. The van der Waals surface area contributed by atoms with Crippen LogP contribution in [0.4, 0.5) is 0 Å². The number of hydrogen-bond donors (Lipinski definition) is 0. The maximum atomic E-state index is 2.76. The summed E-state index contributed by atoms with van der Waals surface area (Å²) in [6.07, 6.45) is 22.6. The molecule has 0 aromatic carbocycles. The lowest BCUT2D eigenvalue weighted by atomic mass is 9.46. The van der Waals surface area contributed by atoms with Crippen molar-refractivity contribution in [3.05, 3.63) is 23.3 Å². The zero-order chi connectivity index (χ0) is 21.5. The van der Waals surface area contributed by atoms with Crippen LogP contribution in [0.1, 0.15) is 119 Å². The van der Waals surface area contributed by atoms with Crippen LogP contribution < -0.4 is 0 Å². The molecule has 0 radical (unpaired) electrons. The third-order valence-corrected chi connectivity index (χ3v) is 11.2. The smallest absolute Gasteiger partial charge is 0.00849 e. The monoisotopic (exact) mass is 410 g/mol. The summed E-state index contributed by atoms with van der Waals surface area (Å²) in [6.45, 7) is 15.0. The maximum absolute atomic E-state index is 2.76. The Bertz CT molecular complexity index is 668. The van der Waals surface area contributed by atoms with Crippen LogP contribution in [-0.2, 0) is 0 Å². The molecule has 0 N–H and O–H groups in total. The van der Waals surface area contributed by atoms with E-state index < -0.39 is 0 Å². The summed E-state index contributed by atoms with van der Waals surface area (Å²) >= 11 is 0. The second-order valence-electron chi connectivity index (χ2n) is 12.4. The zero-order valence-electron chi connectivity index (χ0n) is 21.1. The lowest BCUT2D eigenvalue weighted by molar-refractivity contribution is -0.0518. The maximum Gasteiger partial charge on any atom is -0.00849 e. The SMILES string of the molecule is C/C=C(/C)C1CCC2(C)C(=CCC3C2CCC2(C)C3CCC2[C@H](C)CCCCC)C1. The van der Waals surface area contributed by atoms with Crippen molar-refractivity contribution < 1.29 is 0 Å². The molecule has 4 aliphatic carbocycles. The third kappa shape index (κ3) is 3.67. The Hall–Kier alpha value is -0.520. The standard InChI is InChI=1S/C30H50/c1-7-9-10-11-22(4)26-14-15-27-25-13-12-24-20-23(21(3)8-2)16-18-29(24,5)28(25)17-19-30(26,27)6/h8,12,22-23,25-28H,7,9-11,13-20H2,1-6H3/b21-8-/t22-,23?,25?,26?,27?,28?,29?,30?/m1/s1. The molecular weight excluding hydrogens is 360 g/mol. The molecule has 0 aliphatic heterocycles. The van der Waals surface area contributed by atoms with Crippen LogP contribution in [0.5, 0.6) is 0 Å². The highest BCUT2D eigenvalue weighted by atomic mass is 14.6. The van der Waals surface area contributed by atoms with E-state index in [-0.39, 0.29) is 0 Å². The van der Waals surface area contributed by atoms with E-state index in [1.54, 1.807) is 5.57 Å². The van der Waals surface area contributed by atoms with Gasteiger partial charge in [-0.15, -0.1) is 0 Å². The van der Waals surface area contributed by atoms with E-state index in [1.807, 2.05) is 5.57 Å². The van der Waals surface area contributed by atoms with Gasteiger partial charge >= 0.3 is 0 Å². The predicted molar refractivity (Wildman–Crippen MR) is 131 cm³/mol. The molecule has 30 heavy (non-hydrogen) atoms. The molecule has 0 heteroatoms. The molecule has 170 valence electrons. The number of hydrogen-bond acceptors (Lipinski definition) is 0. The van der Waals surface area contributed by atoms with E-state index in [0.29, 0.717) is 10.8 Å². The van der Waals surface area contributed by atoms with Crippen molar-refractivity contribution in [2.45, 2.75) is 119 Å². The second kappa shape index (κ2) is 8.78. The summed E-state index contributed by atoms with van der Waals surface area (Å²) in [4.78, 5) is 0. The van der Waals surface area contributed by atoms with Crippen molar-refractivity contribution in [1.82, 2.24) is 0 Å². The molecule has 0 aromatic rings. The van der Waals surface area contributed by atoms with Crippen LogP contribution in [0.15, 0.2) is 23.3 Å². The highest BCUT2D eigenvalue weighted by Gasteiger charge is 2.59. The van der Waals surface area contributed by atoms with Gasteiger partial charge in [-0.3, -0.25) is 0 Å². The number of fused-ring (bicyclic) bond motifs is 5. The second-order valence-corrected chi connectivity index (χ2v) is 12.4. The molecule has 4 rings (SSSR count). The third-order valence-electron chi connectivity index (χ3n) is 11.2. The van der Waals surface area contributed by atoms with Crippen molar-refractivity contribution in [1.29, 1.82) is 0 Å². The Morgan fingerprint density at radius 1 is 1.10 bits per heavy atom. The van der Waals surface area contributed by atoms with Gasteiger partial charge in [0.25, 0.3) is 0 Å². The van der Waals surface area contributed by atoms with Gasteiger partial charge in [-0.1, -0.05) is 76.7 Å². The van der Waals surface area contributed by atoms with Gasteiger partial charge in [0.05, 0.1) is 0 Å². The first-order valence-corrected chi connectivity index (χ1v) is 13.7. The van der Waals surface area contributed by atoms with Gasteiger partial charge in [-0.25, -0.2) is 0 Å². The minimum atomic E-state index is 0.513. The Morgan fingerprint density at radius 3 is 2.63 bits per heavy atom. The molecule has 8 atom stereocenters. The Kier molecular flexibility index (Phi) is 6.64. The van der Waals surface area contributed by atoms with Crippen LogP contribution in [0, 0.1) is 46.3 Å². The first kappa shape index (κ1) is 22.7. The van der Waals surface area contributed by atoms with E-state index in [4.69, 9.17) is 0 Å². The van der Waals surface area contributed by atoms with Crippen LogP contribution in [0.3, 0.4) is 0 Å². The fraction of sp³-hybridized carbons (Fsp3) is 0.867. The van der Waals surface area contributed by atoms with Gasteiger partial charge in [-0.2, -0.15) is 0 Å². The van der Waals surface area contributed by atoms with Gasteiger partial charge in [-0.05, 0) is 112 Å². The topological polar surface area (TPSA) is 0 Å². The molecule has 4 aliphatic rings. The largest absolute Gasteiger partial charge is 0.0884 e. The molecule has 0 bridgehead atoms. The van der Waals surface area contributed by atoms with Crippen LogP contribution in [0.2, 0.25) is 0 Å². The van der Waals surface area contributed by atoms with Gasteiger partial charge in [0.15, 0.2) is 0 Å². The Balaban J connectivity index is 1.51. The van der Waals surface area contributed by atoms with Crippen molar-refractivity contribution in [2.75, 3.05) is 0 Å². The number of allylic oxidation sites excluding steroid dienone is 4. The average molecular weight is 411 g/mol. The highest BCUT2D eigenvalue weighted by molar-refractivity contribution is 5.27. The summed E-state index contributed by atoms with van der Waals surface area (Å²) < 4.78 is 0. The van der Waals surface area contributed by atoms with Crippen LogP contribution >= 0.6 is 0 Å². The van der Waals surface area contributed by atoms with E-state index >= 15 is 0 Å². The Morgan fingerprint density at radius 2 is 1.90 bits per heavy atom. The van der Waals surface area contributed by atoms with Crippen molar-refractivity contribution in [3.8, 4) is 0 Å². The van der Waals surface area contributed by atoms with Crippen molar-refractivity contribution in [2.24, 2.45) is 46.3 Å². The first-order valence-electron chi connectivity index (χ1n) is 13.7. The first-order chi connectivity index (χ1) is 14.3. The summed E-state index contributed by atoms with van der Waals surface area (Å²) in [5.41, 5.74) is 4.63. The quantitative estimate of drug-likeness (QED) is 0.302. The minimum Gasteiger partial charge on any atom is -0.0884 e. The van der Waals surface area contributed by atoms with Crippen LogP contribution in [0.25, 0.3) is 0 Å². The molecule has 3 fully saturated rings.